The van der Waals surface area contributed by atoms with Crippen LogP contribution < -0.4 is 10.6 Å². The van der Waals surface area contributed by atoms with Gasteiger partial charge in [-0.3, -0.25) is 9.59 Å². The van der Waals surface area contributed by atoms with E-state index in [0.29, 0.717) is 42.5 Å². The molecule has 0 spiro atoms. The van der Waals surface area contributed by atoms with Crippen molar-refractivity contribution >= 4 is 11.8 Å². The molecule has 8 nitrogen and oxygen atoms in total. The molecule has 2 N–H and O–H groups in total. The van der Waals surface area contributed by atoms with Gasteiger partial charge in [-0.2, -0.15) is 4.98 Å². The van der Waals surface area contributed by atoms with Crippen molar-refractivity contribution in [2.45, 2.75) is 20.5 Å². The van der Waals surface area contributed by atoms with Gasteiger partial charge < -0.3 is 19.9 Å². The fourth-order valence-corrected chi connectivity index (χ4v) is 3.91. The first-order chi connectivity index (χ1) is 17.5. The maximum Gasteiger partial charge on any atom is 0.258 e. The third-order valence-electron chi connectivity index (χ3n) is 5.68. The van der Waals surface area contributed by atoms with Gasteiger partial charge in [-0.15, -0.1) is 0 Å². The lowest BCUT2D eigenvalue weighted by atomic mass is 9.94. The standard InChI is InChI=1S/C28H28N4O4/c1-18-7-4-5-10-24(18)25-12-11-22(16-23(25)17-35-3)28-31-26(32-36-28)20-8-6-9-21(15-20)27(34)30-14-13-29-19(2)33/h4-12,15-16H,13-14,17H2,1-3H3,(H,29,33)(H,30,34). The van der Waals surface area contributed by atoms with Crippen molar-refractivity contribution in [1.29, 1.82) is 0 Å². The van der Waals surface area contributed by atoms with Crippen molar-refractivity contribution in [2.24, 2.45) is 0 Å². The average Bonchev–Trinajstić information content (AvgIpc) is 3.38. The molecule has 1 heterocycles. The molecule has 0 atom stereocenters. The molecule has 0 bridgehead atoms. The Kier molecular flexibility index (Phi) is 7.87. The summed E-state index contributed by atoms with van der Waals surface area (Å²) in [4.78, 5) is 28.0. The number of benzene rings is 3. The molecular formula is C28H28N4O4. The normalized spacial score (nSPS) is 10.8. The Labute approximate surface area is 209 Å². The van der Waals surface area contributed by atoms with Crippen LogP contribution in [0.1, 0.15) is 28.4 Å². The summed E-state index contributed by atoms with van der Waals surface area (Å²) < 4.78 is 11.0. The van der Waals surface area contributed by atoms with E-state index in [9.17, 15) is 9.59 Å². The number of carbonyl (C=O) groups is 2. The maximum atomic E-state index is 12.5. The van der Waals surface area contributed by atoms with Crippen LogP contribution in [-0.4, -0.2) is 42.2 Å². The van der Waals surface area contributed by atoms with Crippen molar-refractivity contribution in [2.75, 3.05) is 20.2 Å². The molecule has 36 heavy (non-hydrogen) atoms. The number of hydrogen-bond donors (Lipinski definition) is 2. The molecule has 2 amide bonds. The first kappa shape index (κ1) is 24.8. The van der Waals surface area contributed by atoms with Gasteiger partial charge >= 0.3 is 0 Å². The maximum absolute atomic E-state index is 12.5. The fourth-order valence-electron chi connectivity index (χ4n) is 3.91. The van der Waals surface area contributed by atoms with Crippen LogP contribution >= 0.6 is 0 Å². The molecule has 0 aliphatic rings. The van der Waals surface area contributed by atoms with Crippen LogP contribution in [0, 0.1) is 6.92 Å². The van der Waals surface area contributed by atoms with Crippen molar-refractivity contribution < 1.29 is 18.8 Å². The quantitative estimate of drug-likeness (QED) is 0.341. The number of nitrogens with one attached hydrogen (secondary N) is 2. The zero-order valence-electron chi connectivity index (χ0n) is 20.5. The molecule has 0 radical (unpaired) electrons. The van der Waals surface area contributed by atoms with E-state index in [2.05, 4.69) is 39.8 Å². The fraction of sp³-hybridized carbons (Fsp3) is 0.214. The van der Waals surface area contributed by atoms with E-state index in [1.54, 1.807) is 25.3 Å². The summed E-state index contributed by atoms with van der Waals surface area (Å²) in [5.74, 6) is 0.373. The second-order valence-electron chi connectivity index (χ2n) is 8.36. The molecule has 184 valence electrons. The molecule has 0 saturated heterocycles. The number of hydrogen-bond acceptors (Lipinski definition) is 6. The highest BCUT2D eigenvalue weighted by atomic mass is 16.5. The van der Waals surface area contributed by atoms with E-state index >= 15 is 0 Å². The first-order valence-electron chi connectivity index (χ1n) is 11.6. The molecule has 4 aromatic rings. The number of nitrogens with zero attached hydrogens (tertiary/aromatic N) is 2. The van der Waals surface area contributed by atoms with Crippen molar-refractivity contribution in [3.63, 3.8) is 0 Å². The monoisotopic (exact) mass is 484 g/mol. The Bertz CT molecular complexity index is 1380. The zero-order chi connectivity index (χ0) is 25.5. The number of aromatic nitrogens is 2. The van der Waals surface area contributed by atoms with Crippen molar-refractivity contribution in [3.05, 3.63) is 83.4 Å². The summed E-state index contributed by atoms with van der Waals surface area (Å²) in [7, 11) is 1.67. The molecule has 4 rings (SSSR count). The zero-order valence-corrected chi connectivity index (χ0v) is 20.5. The van der Waals surface area contributed by atoms with Gasteiger partial charge in [0, 0.05) is 43.8 Å². The van der Waals surface area contributed by atoms with Gasteiger partial charge in [0.15, 0.2) is 0 Å². The predicted octanol–water partition coefficient (Wildman–Crippen LogP) is 4.39. The SMILES string of the molecule is COCc1cc(-c2nc(-c3cccc(C(=O)NCCNC(C)=O)c3)no2)ccc1-c1ccccc1C. The Balaban J connectivity index is 1.55. The Hall–Kier alpha value is -4.30. The lowest BCUT2D eigenvalue weighted by Crippen LogP contribution is -2.33. The van der Waals surface area contributed by atoms with Crippen LogP contribution in [0.25, 0.3) is 34.0 Å². The number of carbonyl (C=O) groups excluding carboxylic acids is 2. The van der Waals surface area contributed by atoms with E-state index in [0.717, 1.165) is 22.3 Å². The highest BCUT2D eigenvalue weighted by Crippen LogP contribution is 2.31. The molecule has 0 saturated carbocycles. The summed E-state index contributed by atoms with van der Waals surface area (Å²) in [5.41, 5.74) is 6.35. The summed E-state index contributed by atoms with van der Waals surface area (Å²) in [6, 6.07) is 21.2. The third kappa shape index (κ3) is 5.84. The van der Waals surface area contributed by atoms with Crippen LogP contribution in [-0.2, 0) is 16.1 Å². The smallest absolute Gasteiger partial charge is 0.258 e. The van der Waals surface area contributed by atoms with Gasteiger partial charge in [0.05, 0.1) is 6.61 Å². The van der Waals surface area contributed by atoms with E-state index in [1.165, 1.54) is 12.5 Å². The van der Waals surface area contributed by atoms with Gasteiger partial charge in [0.1, 0.15) is 0 Å². The van der Waals surface area contributed by atoms with Crippen molar-refractivity contribution in [3.8, 4) is 34.0 Å². The topological polar surface area (TPSA) is 106 Å². The van der Waals surface area contributed by atoms with Gasteiger partial charge in [0.2, 0.25) is 11.7 Å². The number of rotatable bonds is 9. The number of aryl methyl sites for hydroxylation is 1. The summed E-state index contributed by atoms with van der Waals surface area (Å²) in [5, 5.41) is 9.55. The highest BCUT2D eigenvalue weighted by Gasteiger charge is 2.15. The molecule has 0 fully saturated rings. The van der Waals surface area contributed by atoms with E-state index < -0.39 is 0 Å². The predicted molar refractivity (Wildman–Crippen MR) is 137 cm³/mol. The minimum absolute atomic E-state index is 0.140. The van der Waals surface area contributed by atoms with E-state index in [4.69, 9.17) is 9.26 Å². The minimum atomic E-state index is -0.248. The van der Waals surface area contributed by atoms with Crippen molar-refractivity contribution in [1.82, 2.24) is 20.8 Å². The number of methoxy groups -OCH3 is 1. The third-order valence-corrected chi connectivity index (χ3v) is 5.68. The van der Waals surface area contributed by atoms with E-state index in [-0.39, 0.29) is 11.8 Å². The summed E-state index contributed by atoms with van der Waals surface area (Å²) in [6.07, 6.45) is 0. The Morgan fingerprint density at radius 2 is 1.72 bits per heavy atom. The summed E-state index contributed by atoms with van der Waals surface area (Å²) in [6.45, 7) is 4.65. The minimum Gasteiger partial charge on any atom is -0.380 e. The Morgan fingerprint density at radius 1 is 0.917 bits per heavy atom. The van der Waals surface area contributed by atoms with E-state index in [1.807, 2.05) is 36.4 Å². The van der Waals surface area contributed by atoms with Crippen LogP contribution in [0.2, 0.25) is 0 Å². The lowest BCUT2D eigenvalue weighted by Gasteiger charge is -2.12. The average molecular weight is 485 g/mol. The lowest BCUT2D eigenvalue weighted by molar-refractivity contribution is -0.118. The highest BCUT2D eigenvalue weighted by molar-refractivity contribution is 5.95. The summed E-state index contributed by atoms with van der Waals surface area (Å²) >= 11 is 0. The van der Waals surface area contributed by atoms with Gasteiger partial charge in [0.25, 0.3) is 11.8 Å². The number of amides is 2. The van der Waals surface area contributed by atoms with Gasteiger partial charge in [-0.1, -0.05) is 47.6 Å². The molecule has 3 aromatic carbocycles. The largest absolute Gasteiger partial charge is 0.380 e. The molecule has 0 aliphatic heterocycles. The van der Waals surface area contributed by atoms with Crippen LogP contribution in [0.15, 0.2) is 71.3 Å². The van der Waals surface area contributed by atoms with Crippen LogP contribution in [0.5, 0.6) is 0 Å². The van der Waals surface area contributed by atoms with Crippen LogP contribution in [0.3, 0.4) is 0 Å². The molecule has 1 aromatic heterocycles. The second-order valence-corrected chi connectivity index (χ2v) is 8.36. The molecular weight excluding hydrogens is 456 g/mol. The Morgan fingerprint density at radius 3 is 2.50 bits per heavy atom. The van der Waals surface area contributed by atoms with Gasteiger partial charge in [-0.05, 0) is 53.4 Å². The van der Waals surface area contributed by atoms with Gasteiger partial charge in [-0.25, -0.2) is 0 Å². The molecule has 0 unspecified atom stereocenters. The second kappa shape index (κ2) is 11.4. The first-order valence-corrected chi connectivity index (χ1v) is 11.6. The molecule has 8 heteroatoms. The van der Waals surface area contributed by atoms with Crippen LogP contribution in [0.4, 0.5) is 0 Å². The molecule has 0 aliphatic carbocycles. The number of ether oxygens (including phenoxy) is 1.